The van der Waals surface area contributed by atoms with Gasteiger partial charge in [0.15, 0.2) is 0 Å². The van der Waals surface area contributed by atoms with Crippen LogP contribution in [0.1, 0.15) is 25.3 Å². The normalized spacial score (nSPS) is 10.8. The molecule has 0 atom stereocenters. The van der Waals surface area contributed by atoms with Gasteiger partial charge in [0.2, 0.25) is 0 Å². The van der Waals surface area contributed by atoms with E-state index in [9.17, 15) is 0 Å². The van der Waals surface area contributed by atoms with Crippen molar-refractivity contribution in [2.45, 2.75) is 19.8 Å². The first-order chi connectivity index (χ1) is 8.09. The molecule has 0 unspecified atom stereocenters. The van der Waals surface area contributed by atoms with E-state index in [2.05, 4.69) is 23.8 Å². The summed E-state index contributed by atoms with van der Waals surface area (Å²) in [6, 6.07) is 7.72. The fourth-order valence-corrected chi connectivity index (χ4v) is 2.41. The molecule has 88 valence electrons. The van der Waals surface area contributed by atoms with Crippen molar-refractivity contribution >= 4 is 23.8 Å². The molecule has 0 aliphatic carbocycles. The number of aromatic nitrogens is 2. The molecule has 0 saturated heterocycles. The maximum Gasteiger partial charge on any atom is 0.133 e. The van der Waals surface area contributed by atoms with Crippen molar-refractivity contribution in [2.75, 3.05) is 0 Å². The van der Waals surface area contributed by atoms with Crippen molar-refractivity contribution in [1.29, 1.82) is 0 Å². The van der Waals surface area contributed by atoms with Crippen LogP contribution >= 0.6 is 23.8 Å². The smallest absolute Gasteiger partial charge is 0.133 e. The predicted molar refractivity (Wildman–Crippen MR) is 74.0 cm³/mol. The largest absolute Gasteiger partial charge is 0.346 e. The number of aromatic amines is 1. The van der Waals surface area contributed by atoms with E-state index < -0.39 is 0 Å². The minimum absolute atomic E-state index is 0.321. The van der Waals surface area contributed by atoms with Gasteiger partial charge in [-0.15, -0.1) is 0 Å². The van der Waals surface area contributed by atoms with Gasteiger partial charge in [0.1, 0.15) is 4.64 Å². The summed E-state index contributed by atoms with van der Waals surface area (Å²) < 4.78 is 0.647. The molecule has 0 bridgehead atoms. The lowest BCUT2D eigenvalue weighted by Crippen LogP contribution is -1.98. The topological polar surface area (TPSA) is 28.7 Å². The highest BCUT2D eigenvalue weighted by molar-refractivity contribution is 7.71. The van der Waals surface area contributed by atoms with Crippen molar-refractivity contribution in [2.24, 2.45) is 0 Å². The van der Waals surface area contributed by atoms with E-state index in [-0.39, 0.29) is 0 Å². The summed E-state index contributed by atoms with van der Waals surface area (Å²) in [6.07, 6.45) is 1.63. The molecule has 0 amide bonds. The third-order valence-corrected chi connectivity index (χ3v) is 3.14. The van der Waals surface area contributed by atoms with Crippen molar-refractivity contribution in [3.63, 3.8) is 0 Å². The summed E-state index contributed by atoms with van der Waals surface area (Å²) in [5.41, 5.74) is 3.10. The zero-order valence-corrected chi connectivity index (χ0v) is 11.3. The molecule has 0 spiro atoms. The Labute approximate surface area is 111 Å². The molecule has 4 heteroatoms. The molecule has 2 rings (SSSR count). The number of halogens is 1. The van der Waals surface area contributed by atoms with Gasteiger partial charge in [-0.25, -0.2) is 4.98 Å². The van der Waals surface area contributed by atoms with Crippen LogP contribution in [0.15, 0.2) is 30.6 Å². The number of H-pyrrole nitrogens is 1. The van der Waals surface area contributed by atoms with Crippen molar-refractivity contribution < 1.29 is 0 Å². The maximum atomic E-state index is 6.01. The van der Waals surface area contributed by atoms with Gasteiger partial charge < -0.3 is 4.98 Å². The molecular formula is C13H13ClN2S. The van der Waals surface area contributed by atoms with Gasteiger partial charge in [0, 0.05) is 10.6 Å². The van der Waals surface area contributed by atoms with Gasteiger partial charge in [-0.3, -0.25) is 0 Å². The molecule has 2 aromatic rings. The lowest BCUT2D eigenvalue weighted by molar-refractivity contribution is 0.844. The minimum atomic E-state index is 0.321. The highest BCUT2D eigenvalue weighted by atomic mass is 35.5. The molecule has 0 aliphatic heterocycles. The Morgan fingerprint density at radius 2 is 2.12 bits per heavy atom. The minimum Gasteiger partial charge on any atom is -0.346 e. The van der Waals surface area contributed by atoms with Crippen molar-refractivity contribution in [1.82, 2.24) is 9.97 Å². The molecule has 0 fully saturated rings. The molecular weight excluding hydrogens is 252 g/mol. The third kappa shape index (κ3) is 2.56. The first kappa shape index (κ1) is 12.3. The first-order valence-corrected chi connectivity index (χ1v) is 6.21. The molecule has 1 aromatic heterocycles. The van der Waals surface area contributed by atoms with E-state index in [1.165, 1.54) is 0 Å². The van der Waals surface area contributed by atoms with Crippen LogP contribution in [-0.2, 0) is 0 Å². The van der Waals surface area contributed by atoms with Gasteiger partial charge in [0.05, 0.1) is 12.0 Å². The van der Waals surface area contributed by atoms with E-state index in [0.717, 1.165) is 16.8 Å². The Morgan fingerprint density at radius 1 is 1.35 bits per heavy atom. The van der Waals surface area contributed by atoms with E-state index in [1.54, 1.807) is 6.33 Å². The van der Waals surface area contributed by atoms with Crippen molar-refractivity contribution in [3.05, 3.63) is 45.8 Å². The summed E-state index contributed by atoms with van der Waals surface area (Å²) in [7, 11) is 0. The summed E-state index contributed by atoms with van der Waals surface area (Å²) in [4.78, 5) is 7.30. The Morgan fingerprint density at radius 3 is 2.76 bits per heavy atom. The number of rotatable bonds is 2. The van der Waals surface area contributed by atoms with Gasteiger partial charge in [-0.1, -0.05) is 49.8 Å². The van der Waals surface area contributed by atoms with Gasteiger partial charge in [-0.05, 0) is 23.6 Å². The van der Waals surface area contributed by atoms with Crippen LogP contribution < -0.4 is 0 Å². The Bertz CT molecular complexity index is 590. The zero-order chi connectivity index (χ0) is 12.4. The summed E-state index contributed by atoms with van der Waals surface area (Å²) in [6.45, 7) is 4.21. The summed E-state index contributed by atoms with van der Waals surface area (Å²) in [5, 5.41) is 0.716. The Hall–Kier alpha value is -1.19. The average molecular weight is 265 g/mol. The van der Waals surface area contributed by atoms with Gasteiger partial charge in [-0.2, -0.15) is 0 Å². The summed E-state index contributed by atoms with van der Waals surface area (Å²) in [5.74, 6) is 0.321. The molecule has 1 N–H and O–H groups in total. The number of hydrogen-bond donors (Lipinski definition) is 1. The average Bonchev–Trinajstić information content (AvgIpc) is 2.28. The zero-order valence-electron chi connectivity index (χ0n) is 9.70. The second-order valence-electron chi connectivity index (χ2n) is 4.16. The number of nitrogens with one attached hydrogen (secondary N) is 1. The van der Waals surface area contributed by atoms with E-state index in [0.29, 0.717) is 15.6 Å². The molecule has 1 heterocycles. The van der Waals surface area contributed by atoms with Crippen LogP contribution in [0.2, 0.25) is 5.02 Å². The second-order valence-corrected chi connectivity index (χ2v) is 4.98. The van der Waals surface area contributed by atoms with Crippen molar-refractivity contribution in [3.8, 4) is 11.3 Å². The van der Waals surface area contributed by atoms with Crippen LogP contribution in [0.25, 0.3) is 11.3 Å². The molecule has 1 aromatic carbocycles. The standard InChI is InChI=1S/C13H13ClN2S/c1-8(2)11-12(15-7-16-13(11)17)9-4-3-5-10(14)6-9/h3-8H,1-2H3,(H,15,16,17). The van der Waals surface area contributed by atoms with Gasteiger partial charge in [0.25, 0.3) is 0 Å². The molecule has 0 radical (unpaired) electrons. The fraction of sp³-hybridized carbons (Fsp3) is 0.231. The first-order valence-electron chi connectivity index (χ1n) is 5.43. The molecule has 17 heavy (non-hydrogen) atoms. The molecule has 2 nitrogen and oxygen atoms in total. The third-order valence-electron chi connectivity index (χ3n) is 2.58. The van der Waals surface area contributed by atoms with Crippen LogP contribution in [-0.4, -0.2) is 9.97 Å². The fourth-order valence-electron chi connectivity index (χ4n) is 1.83. The second kappa shape index (κ2) is 4.98. The van der Waals surface area contributed by atoms with Crippen LogP contribution in [0.4, 0.5) is 0 Å². The monoisotopic (exact) mass is 264 g/mol. The highest BCUT2D eigenvalue weighted by Gasteiger charge is 2.11. The Kier molecular flexibility index (Phi) is 3.60. The number of benzene rings is 1. The lowest BCUT2D eigenvalue weighted by atomic mass is 9.99. The van der Waals surface area contributed by atoms with Crippen LogP contribution in [0.5, 0.6) is 0 Å². The van der Waals surface area contributed by atoms with E-state index in [1.807, 2.05) is 24.3 Å². The van der Waals surface area contributed by atoms with E-state index >= 15 is 0 Å². The van der Waals surface area contributed by atoms with Gasteiger partial charge >= 0.3 is 0 Å². The predicted octanol–water partition coefficient (Wildman–Crippen LogP) is 4.58. The molecule has 0 aliphatic rings. The SMILES string of the molecule is CC(C)c1c(-c2cccc(Cl)c2)[nH]cnc1=S. The quantitative estimate of drug-likeness (QED) is 0.804. The number of nitrogens with zero attached hydrogens (tertiary/aromatic N) is 1. The van der Waals surface area contributed by atoms with Crippen LogP contribution in [0.3, 0.4) is 0 Å². The van der Waals surface area contributed by atoms with Crippen LogP contribution in [0, 0.1) is 4.64 Å². The molecule has 0 saturated carbocycles. The lowest BCUT2D eigenvalue weighted by Gasteiger charge is -2.12. The summed E-state index contributed by atoms with van der Waals surface area (Å²) >= 11 is 11.3. The Balaban J connectivity index is 2.67. The number of hydrogen-bond acceptors (Lipinski definition) is 2. The van der Waals surface area contributed by atoms with E-state index in [4.69, 9.17) is 23.8 Å². The highest BCUT2D eigenvalue weighted by Crippen LogP contribution is 2.28. The maximum absolute atomic E-state index is 6.01.